The maximum atomic E-state index is 12.5. The van der Waals surface area contributed by atoms with E-state index in [1.165, 1.54) is 11.6 Å². The molecule has 0 bridgehead atoms. The van der Waals surface area contributed by atoms with Crippen molar-refractivity contribution in [2.45, 2.75) is 53.6 Å². The quantitative estimate of drug-likeness (QED) is 0.142. The van der Waals surface area contributed by atoms with Gasteiger partial charge in [-0.3, -0.25) is 4.79 Å². The van der Waals surface area contributed by atoms with E-state index < -0.39 is 11.9 Å². The summed E-state index contributed by atoms with van der Waals surface area (Å²) in [5, 5.41) is 0. The zero-order chi connectivity index (χ0) is 30.7. The zero-order valence-corrected chi connectivity index (χ0v) is 24.9. The fourth-order valence-corrected chi connectivity index (χ4v) is 4.88. The van der Waals surface area contributed by atoms with Crippen LogP contribution in [0, 0.1) is 13.8 Å². The lowest BCUT2D eigenvalue weighted by atomic mass is 9.90. The maximum Gasteiger partial charge on any atom is 0.338 e. The molecule has 0 saturated carbocycles. The van der Waals surface area contributed by atoms with E-state index in [9.17, 15) is 14.4 Å². The molecule has 216 valence electrons. The molecule has 0 radical (unpaired) electrons. The fourth-order valence-electron chi connectivity index (χ4n) is 4.88. The van der Waals surface area contributed by atoms with Gasteiger partial charge in [-0.15, -0.1) is 0 Å². The SMILES string of the molecule is C=C(C)C(=O)COC1CCc2ccc(-c3cc(C)c(-c4ccc(OC(=O)C(=C)C)cc4OC(=O)C(=C)C)cc3C)cc21. The van der Waals surface area contributed by atoms with Crippen LogP contribution in [0.25, 0.3) is 22.3 Å². The van der Waals surface area contributed by atoms with E-state index in [4.69, 9.17) is 14.2 Å². The van der Waals surface area contributed by atoms with Gasteiger partial charge in [0.1, 0.15) is 18.1 Å². The second-order valence-electron chi connectivity index (χ2n) is 10.9. The van der Waals surface area contributed by atoms with Crippen LogP contribution in [0.2, 0.25) is 0 Å². The highest BCUT2D eigenvalue weighted by atomic mass is 16.5. The van der Waals surface area contributed by atoms with Crippen molar-refractivity contribution in [3.05, 3.63) is 107 Å². The van der Waals surface area contributed by atoms with Gasteiger partial charge in [0.15, 0.2) is 5.78 Å². The molecule has 1 aliphatic rings. The predicted molar refractivity (Wildman–Crippen MR) is 165 cm³/mol. The van der Waals surface area contributed by atoms with Crippen molar-refractivity contribution in [1.82, 2.24) is 0 Å². The molecule has 0 aromatic heterocycles. The molecule has 6 heteroatoms. The van der Waals surface area contributed by atoms with Crippen LogP contribution in [0.1, 0.15) is 55.5 Å². The smallest absolute Gasteiger partial charge is 0.338 e. The van der Waals surface area contributed by atoms with E-state index >= 15 is 0 Å². The van der Waals surface area contributed by atoms with Crippen LogP contribution in [0.15, 0.2) is 85.0 Å². The van der Waals surface area contributed by atoms with E-state index in [1.54, 1.807) is 32.9 Å². The number of ketones is 1. The Morgan fingerprint density at radius 3 is 2.07 bits per heavy atom. The highest BCUT2D eigenvalue weighted by molar-refractivity contribution is 5.95. The Balaban J connectivity index is 1.70. The standard InChI is InChI=1S/C36H36O6/c1-20(2)32(37)19-40-33-14-11-25-9-10-26(17-31(25)33)29-15-24(8)30(16-23(29)7)28-13-12-27(41-35(38)21(3)4)18-34(28)42-36(39)22(5)6/h9-10,12-13,15-18,33H,1,3,5,11,14,19H2,2,4,6-8H3. The number of hydrogen-bond donors (Lipinski definition) is 0. The average molecular weight is 565 g/mol. The number of carbonyl (C=O) groups excluding carboxylic acids is 3. The molecule has 0 fully saturated rings. The summed E-state index contributed by atoms with van der Waals surface area (Å²) in [6.07, 6.45) is 1.61. The molecule has 0 heterocycles. The van der Waals surface area contributed by atoms with Gasteiger partial charge in [-0.25, -0.2) is 9.59 Å². The Morgan fingerprint density at radius 1 is 0.762 bits per heavy atom. The van der Waals surface area contributed by atoms with Crippen LogP contribution >= 0.6 is 0 Å². The van der Waals surface area contributed by atoms with Crippen molar-refractivity contribution in [2.24, 2.45) is 0 Å². The van der Waals surface area contributed by atoms with E-state index in [1.807, 2.05) is 13.8 Å². The predicted octanol–water partition coefficient (Wildman–Crippen LogP) is 7.75. The first-order valence-corrected chi connectivity index (χ1v) is 13.8. The van der Waals surface area contributed by atoms with Gasteiger partial charge in [-0.05, 0) is 110 Å². The summed E-state index contributed by atoms with van der Waals surface area (Å²) >= 11 is 0. The minimum Gasteiger partial charge on any atom is -0.423 e. The van der Waals surface area contributed by atoms with Crippen molar-refractivity contribution in [3.8, 4) is 33.8 Å². The van der Waals surface area contributed by atoms with Gasteiger partial charge in [0.25, 0.3) is 0 Å². The summed E-state index contributed by atoms with van der Waals surface area (Å²) in [5.74, 6) is -0.739. The van der Waals surface area contributed by atoms with Gasteiger partial charge < -0.3 is 14.2 Å². The summed E-state index contributed by atoms with van der Waals surface area (Å²) in [6, 6.07) is 15.5. The highest BCUT2D eigenvalue weighted by Gasteiger charge is 2.25. The van der Waals surface area contributed by atoms with Crippen molar-refractivity contribution in [2.75, 3.05) is 6.61 Å². The molecule has 0 N–H and O–H groups in total. The molecule has 1 atom stereocenters. The molecule has 1 aliphatic carbocycles. The molecule has 0 spiro atoms. The molecular formula is C36H36O6. The van der Waals surface area contributed by atoms with Crippen LogP contribution in [0.5, 0.6) is 11.5 Å². The van der Waals surface area contributed by atoms with Crippen LogP contribution < -0.4 is 9.47 Å². The lowest BCUT2D eigenvalue weighted by Gasteiger charge is -2.18. The summed E-state index contributed by atoms with van der Waals surface area (Å²) in [7, 11) is 0. The third kappa shape index (κ3) is 6.67. The third-order valence-electron chi connectivity index (χ3n) is 7.30. The normalized spacial score (nSPS) is 13.7. The van der Waals surface area contributed by atoms with Crippen molar-refractivity contribution in [3.63, 3.8) is 0 Å². The number of carbonyl (C=O) groups is 3. The van der Waals surface area contributed by atoms with Crippen molar-refractivity contribution >= 4 is 17.7 Å². The number of benzene rings is 3. The second kappa shape index (κ2) is 12.5. The number of rotatable bonds is 10. The summed E-state index contributed by atoms with van der Waals surface area (Å²) in [6.45, 7) is 19.9. The van der Waals surface area contributed by atoms with Gasteiger partial charge in [0.05, 0.1) is 6.10 Å². The van der Waals surface area contributed by atoms with Crippen molar-refractivity contribution < 1.29 is 28.6 Å². The molecule has 4 rings (SSSR count). The zero-order valence-electron chi connectivity index (χ0n) is 24.9. The summed E-state index contributed by atoms with van der Waals surface area (Å²) < 4.78 is 17.0. The number of fused-ring (bicyclic) bond motifs is 1. The topological polar surface area (TPSA) is 78.9 Å². The first-order chi connectivity index (χ1) is 19.8. The monoisotopic (exact) mass is 564 g/mol. The van der Waals surface area contributed by atoms with Gasteiger partial charge in [-0.2, -0.15) is 0 Å². The Labute approximate surface area is 247 Å². The highest BCUT2D eigenvalue weighted by Crippen LogP contribution is 2.41. The number of Topliss-reactive ketones (excluding diaryl/α,β-unsaturated/α-hetero) is 1. The summed E-state index contributed by atoms with van der Waals surface area (Å²) in [5.41, 5.74) is 9.00. The van der Waals surface area contributed by atoms with Gasteiger partial charge in [0, 0.05) is 22.8 Å². The van der Waals surface area contributed by atoms with E-state index in [-0.39, 0.29) is 41.1 Å². The van der Waals surface area contributed by atoms with Crippen LogP contribution in [0.3, 0.4) is 0 Å². The number of esters is 2. The van der Waals surface area contributed by atoms with Crippen molar-refractivity contribution in [1.29, 1.82) is 0 Å². The first-order valence-electron chi connectivity index (χ1n) is 13.8. The maximum absolute atomic E-state index is 12.5. The lowest BCUT2D eigenvalue weighted by molar-refractivity contribution is -0.130. The number of ether oxygens (including phenoxy) is 3. The number of hydrogen-bond acceptors (Lipinski definition) is 6. The first kappa shape index (κ1) is 30.4. The van der Waals surface area contributed by atoms with Crippen LogP contribution in [-0.2, 0) is 25.5 Å². The minimum atomic E-state index is -0.578. The van der Waals surface area contributed by atoms with Gasteiger partial charge >= 0.3 is 11.9 Å². The van der Waals surface area contributed by atoms with E-state index in [0.29, 0.717) is 11.1 Å². The third-order valence-corrected chi connectivity index (χ3v) is 7.30. The lowest BCUT2D eigenvalue weighted by Crippen LogP contribution is -2.12. The number of aryl methyl sites for hydroxylation is 3. The Morgan fingerprint density at radius 2 is 1.40 bits per heavy atom. The minimum absolute atomic E-state index is 0.0278. The second-order valence-corrected chi connectivity index (χ2v) is 10.9. The molecule has 0 saturated heterocycles. The molecule has 0 aliphatic heterocycles. The summed E-state index contributed by atoms with van der Waals surface area (Å²) in [4.78, 5) is 36.6. The Hall–Kier alpha value is -4.55. The largest absolute Gasteiger partial charge is 0.423 e. The molecular weight excluding hydrogens is 528 g/mol. The molecule has 3 aromatic carbocycles. The average Bonchev–Trinajstić information content (AvgIpc) is 3.35. The molecule has 6 nitrogen and oxygen atoms in total. The van der Waals surface area contributed by atoms with Crippen LogP contribution in [-0.4, -0.2) is 24.3 Å². The van der Waals surface area contributed by atoms with Crippen LogP contribution in [0.4, 0.5) is 0 Å². The molecule has 1 unspecified atom stereocenters. The van der Waals surface area contributed by atoms with Gasteiger partial charge in [0.2, 0.25) is 0 Å². The van der Waals surface area contributed by atoms with E-state index in [2.05, 4.69) is 50.1 Å². The molecule has 3 aromatic rings. The molecule has 0 amide bonds. The Kier molecular flexibility index (Phi) is 9.08. The fraction of sp³-hybridized carbons (Fsp3) is 0.250. The molecule has 42 heavy (non-hydrogen) atoms. The van der Waals surface area contributed by atoms with E-state index in [0.717, 1.165) is 46.2 Å². The Bertz CT molecular complexity index is 1640. The van der Waals surface area contributed by atoms with Gasteiger partial charge in [-0.1, -0.05) is 44.0 Å².